The van der Waals surface area contributed by atoms with Gasteiger partial charge in [-0.25, -0.2) is 0 Å². The minimum absolute atomic E-state index is 0.225. The van der Waals surface area contributed by atoms with Crippen molar-refractivity contribution in [3.8, 4) is 0 Å². The molecule has 0 amide bonds. The summed E-state index contributed by atoms with van der Waals surface area (Å²) in [5, 5.41) is 0. The third-order valence-electron chi connectivity index (χ3n) is 1.22. The van der Waals surface area contributed by atoms with Gasteiger partial charge in [0.2, 0.25) is 0 Å². The number of hydrogen-bond donors (Lipinski definition) is 0. The summed E-state index contributed by atoms with van der Waals surface area (Å²) in [4.78, 5) is 21.0. The number of thioether (sulfide) groups is 1. The molecule has 1 unspecified atom stereocenters. The van der Waals surface area contributed by atoms with Crippen LogP contribution < -0.4 is 0 Å². The highest BCUT2D eigenvalue weighted by Crippen LogP contribution is 2.12. The molecule has 0 aliphatic carbocycles. The predicted molar refractivity (Wildman–Crippen MR) is 50.3 cm³/mol. The summed E-state index contributed by atoms with van der Waals surface area (Å²) < 4.78 is 9.63. The van der Waals surface area contributed by atoms with Crippen molar-refractivity contribution in [2.45, 2.75) is 25.7 Å². The Hall–Kier alpha value is -0.710. The van der Waals surface area contributed by atoms with E-state index in [1.807, 2.05) is 6.26 Å². The number of carbonyl (C=O) groups is 2. The molecule has 76 valence electrons. The molecule has 0 saturated carbocycles. The van der Waals surface area contributed by atoms with Gasteiger partial charge in [-0.3, -0.25) is 9.59 Å². The monoisotopic (exact) mass is 206 g/mol. The van der Waals surface area contributed by atoms with E-state index in [1.54, 1.807) is 0 Å². The van der Waals surface area contributed by atoms with Crippen LogP contribution in [0.1, 0.15) is 20.3 Å². The fraction of sp³-hybridized carbons (Fsp3) is 0.750. The molecule has 4 nitrogen and oxygen atoms in total. The minimum atomic E-state index is -0.317. The predicted octanol–water partition coefficient (Wildman–Crippen LogP) is 1.19. The van der Waals surface area contributed by atoms with Gasteiger partial charge in [0.25, 0.3) is 0 Å². The molecule has 1 atom stereocenters. The lowest BCUT2D eigenvalue weighted by Crippen LogP contribution is -2.15. The van der Waals surface area contributed by atoms with Crippen molar-refractivity contribution in [2.75, 3.05) is 12.9 Å². The van der Waals surface area contributed by atoms with E-state index < -0.39 is 0 Å². The number of esters is 2. The van der Waals surface area contributed by atoms with Crippen LogP contribution in [0.4, 0.5) is 0 Å². The average molecular weight is 206 g/mol. The quantitative estimate of drug-likeness (QED) is 0.499. The molecule has 0 radical (unpaired) electrons. The smallest absolute Gasteiger partial charge is 0.303 e. The second-order valence-electron chi connectivity index (χ2n) is 2.40. The maximum Gasteiger partial charge on any atom is 0.303 e. The molecular weight excluding hydrogens is 192 g/mol. The first-order valence-electron chi connectivity index (χ1n) is 3.89. The highest BCUT2D eigenvalue weighted by Gasteiger charge is 2.10. The lowest BCUT2D eigenvalue weighted by atomic mass is 10.5. The summed E-state index contributed by atoms with van der Waals surface area (Å²) >= 11 is 1.42. The molecule has 0 N–H and O–H groups in total. The first-order chi connectivity index (χ1) is 6.06. The van der Waals surface area contributed by atoms with Crippen LogP contribution in [0.2, 0.25) is 0 Å². The van der Waals surface area contributed by atoms with Crippen LogP contribution in [0, 0.1) is 0 Å². The Labute approximate surface area is 82.0 Å². The molecule has 0 bridgehead atoms. The van der Waals surface area contributed by atoms with Crippen molar-refractivity contribution in [1.29, 1.82) is 0 Å². The van der Waals surface area contributed by atoms with Gasteiger partial charge in [0, 0.05) is 20.3 Å². The zero-order valence-electron chi connectivity index (χ0n) is 8.03. The maximum atomic E-state index is 10.6. The maximum absolute atomic E-state index is 10.6. The summed E-state index contributed by atoms with van der Waals surface area (Å²) in [7, 11) is 0. The van der Waals surface area contributed by atoms with Crippen LogP contribution in [-0.2, 0) is 19.1 Å². The fourth-order valence-corrected chi connectivity index (χ4v) is 1.27. The molecule has 0 rings (SSSR count). The molecule has 0 fully saturated rings. The first kappa shape index (κ1) is 12.3. The number of rotatable bonds is 5. The summed E-state index contributed by atoms with van der Waals surface area (Å²) in [5.74, 6) is -0.634. The normalized spacial score (nSPS) is 11.9. The molecule has 0 aromatic heterocycles. The molecule has 0 saturated heterocycles. The lowest BCUT2D eigenvalue weighted by molar-refractivity contribution is -0.144. The van der Waals surface area contributed by atoms with E-state index in [9.17, 15) is 9.59 Å². The van der Waals surface area contributed by atoms with Gasteiger partial charge >= 0.3 is 11.9 Å². The molecule has 0 aromatic carbocycles. The highest BCUT2D eigenvalue weighted by molar-refractivity contribution is 7.99. The Bertz CT molecular complexity index is 181. The van der Waals surface area contributed by atoms with Gasteiger partial charge in [-0.1, -0.05) is 0 Å². The van der Waals surface area contributed by atoms with Crippen molar-refractivity contribution in [3.05, 3.63) is 0 Å². The number of ether oxygens (including phenoxy) is 2. The number of carbonyl (C=O) groups excluding carboxylic acids is 2. The molecule has 0 spiro atoms. The summed E-state index contributed by atoms with van der Waals surface area (Å²) in [6, 6.07) is 0. The fourth-order valence-electron chi connectivity index (χ4n) is 0.709. The third kappa shape index (κ3) is 7.64. The topological polar surface area (TPSA) is 52.6 Å². The number of hydrogen-bond acceptors (Lipinski definition) is 5. The Morgan fingerprint density at radius 2 is 1.92 bits per heavy atom. The molecule has 0 aromatic rings. The van der Waals surface area contributed by atoms with Crippen molar-refractivity contribution in [3.63, 3.8) is 0 Å². The van der Waals surface area contributed by atoms with E-state index in [2.05, 4.69) is 0 Å². The van der Waals surface area contributed by atoms with Gasteiger partial charge in [-0.15, -0.1) is 11.8 Å². The Morgan fingerprint density at radius 3 is 2.31 bits per heavy atom. The zero-order valence-corrected chi connectivity index (χ0v) is 8.85. The van der Waals surface area contributed by atoms with E-state index in [4.69, 9.17) is 9.47 Å². The van der Waals surface area contributed by atoms with Gasteiger partial charge in [-0.2, -0.15) is 0 Å². The molecular formula is C8H14O4S. The largest absolute Gasteiger partial charge is 0.466 e. The van der Waals surface area contributed by atoms with Gasteiger partial charge in [0.15, 0.2) is 5.44 Å². The summed E-state index contributed by atoms with van der Waals surface area (Å²) in [6.07, 6.45) is 2.36. The van der Waals surface area contributed by atoms with Crippen LogP contribution in [0.15, 0.2) is 0 Å². The van der Waals surface area contributed by atoms with Crippen molar-refractivity contribution in [1.82, 2.24) is 0 Å². The Balaban J connectivity index is 3.59. The Morgan fingerprint density at radius 1 is 1.31 bits per heavy atom. The van der Waals surface area contributed by atoms with Gasteiger partial charge < -0.3 is 9.47 Å². The first-order valence-corrected chi connectivity index (χ1v) is 5.18. The van der Waals surface area contributed by atoms with Crippen molar-refractivity contribution >= 4 is 23.7 Å². The lowest BCUT2D eigenvalue weighted by Gasteiger charge is -2.13. The van der Waals surface area contributed by atoms with Crippen LogP contribution in [0.5, 0.6) is 0 Å². The molecule has 0 aliphatic heterocycles. The molecule has 13 heavy (non-hydrogen) atoms. The zero-order chi connectivity index (χ0) is 10.3. The van der Waals surface area contributed by atoms with Crippen LogP contribution in [0.25, 0.3) is 0 Å². The van der Waals surface area contributed by atoms with E-state index >= 15 is 0 Å². The van der Waals surface area contributed by atoms with Gasteiger partial charge in [0.1, 0.15) is 0 Å². The van der Waals surface area contributed by atoms with E-state index in [-0.39, 0.29) is 24.0 Å². The van der Waals surface area contributed by atoms with E-state index in [1.165, 1.54) is 25.6 Å². The second-order valence-corrected chi connectivity index (χ2v) is 3.40. The van der Waals surface area contributed by atoms with E-state index in [0.29, 0.717) is 6.42 Å². The van der Waals surface area contributed by atoms with Gasteiger partial charge in [0.05, 0.1) is 6.61 Å². The van der Waals surface area contributed by atoms with Crippen LogP contribution in [0.3, 0.4) is 0 Å². The SMILES string of the molecule is CSC(CCOC(C)=O)OC(C)=O. The summed E-state index contributed by atoms with van der Waals surface area (Å²) in [5.41, 5.74) is -0.225. The molecule has 0 heterocycles. The van der Waals surface area contributed by atoms with Crippen molar-refractivity contribution in [2.24, 2.45) is 0 Å². The Kier molecular flexibility index (Phi) is 6.40. The van der Waals surface area contributed by atoms with Crippen LogP contribution >= 0.6 is 11.8 Å². The average Bonchev–Trinajstić information content (AvgIpc) is 2.01. The second kappa shape index (κ2) is 6.77. The molecule has 0 aliphatic rings. The highest BCUT2D eigenvalue weighted by atomic mass is 32.2. The van der Waals surface area contributed by atoms with Gasteiger partial charge in [-0.05, 0) is 6.26 Å². The third-order valence-corrected chi connectivity index (χ3v) is 2.08. The summed E-state index contributed by atoms with van der Waals surface area (Å²) in [6.45, 7) is 2.99. The standard InChI is InChI=1S/C8H14O4S/c1-6(9)11-5-4-8(13-3)12-7(2)10/h8H,4-5H2,1-3H3. The molecule has 5 heteroatoms. The van der Waals surface area contributed by atoms with Crippen LogP contribution in [-0.4, -0.2) is 30.2 Å². The van der Waals surface area contributed by atoms with Crippen molar-refractivity contribution < 1.29 is 19.1 Å². The minimum Gasteiger partial charge on any atom is -0.466 e. The van der Waals surface area contributed by atoms with E-state index in [0.717, 1.165) is 0 Å².